The van der Waals surface area contributed by atoms with Crippen molar-refractivity contribution in [3.63, 3.8) is 0 Å². The summed E-state index contributed by atoms with van der Waals surface area (Å²) in [7, 11) is 1.27. The van der Waals surface area contributed by atoms with Crippen LogP contribution in [-0.4, -0.2) is 64.5 Å². The van der Waals surface area contributed by atoms with Crippen LogP contribution in [0.2, 0.25) is 0 Å². The highest BCUT2D eigenvalue weighted by Crippen LogP contribution is 2.12. The van der Waals surface area contributed by atoms with E-state index in [4.69, 9.17) is 10.5 Å². The largest absolute Gasteiger partial charge is 0.467 e. The van der Waals surface area contributed by atoms with Gasteiger partial charge < -0.3 is 31.0 Å². The van der Waals surface area contributed by atoms with Crippen molar-refractivity contribution in [2.75, 3.05) is 7.11 Å². The molecule has 0 unspecified atom stereocenters. The van der Waals surface area contributed by atoms with Gasteiger partial charge in [-0.1, -0.05) is 71.9 Å². The Morgan fingerprint density at radius 3 is 1.91 bits per heavy atom. The van der Waals surface area contributed by atoms with Crippen LogP contribution >= 0.6 is 0 Å². The molecule has 3 amide bonds. The number of nitrogens with zero attached hydrogens (tertiary/aromatic N) is 2. The third-order valence-corrected chi connectivity index (χ3v) is 6.85. The van der Waals surface area contributed by atoms with Crippen molar-refractivity contribution in [1.82, 2.24) is 25.5 Å². The number of nitrogens with two attached hydrogens (primary N) is 1. The molecule has 1 aromatic carbocycles. The number of nitrogens with one attached hydrogen (secondary N) is 3. The molecule has 4 atom stereocenters. The van der Waals surface area contributed by atoms with E-state index in [1.807, 2.05) is 82.6 Å². The Bertz CT molecular complexity index is 1180. The van der Waals surface area contributed by atoms with Gasteiger partial charge in [-0.3, -0.25) is 14.4 Å². The van der Waals surface area contributed by atoms with E-state index in [-0.39, 0.29) is 24.2 Å². The summed E-state index contributed by atoms with van der Waals surface area (Å²) in [5.41, 5.74) is 7.75. The van der Waals surface area contributed by atoms with Gasteiger partial charge in [0.15, 0.2) is 0 Å². The highest BCUT2D eigenvalue weighted by molar-refractivity contribution is 5.94. The maximum Gasteiger partial charge on any atom is 0.328 e. The highest BCUT2D eigenvalue weighted by atomic mass is 16.5. The van der Waals surface area contributed by atoms with E-state index in [9.17, 15) is 19.2 Å². The van der Waals surface area contributed by atoms with Crippen LogP contribution in [0.25, 0.3) is 0 Å². The number of carbonyl (C=O) groups excluding carboxylic acids is 4. The van der Waals surface area contributed by atoms with Crippen molar-refractivity contribution in [2.24, 2.45) is 23.5 Å². The zero-order valence-corrected chi connectivity index (χ0v) is 26.6. The lowest BCUT2D eigenvalue weighted by molar-refractivity contribution is -0.146. The van der Waals surface area contributed by atoms with E-state index in [1.54, 1.807) is 6.33 Å². The molecule has 238 valence electrons. The lowest BCUT2D eigenvalue weighted by Crippen LogP contribution is -2.58. The van der Waals surface area contributed by atoms with E-state index in [2.05, 4.69) is 20.9 Å². The summed E-state index contributed by atoms with van der Waals surface area (Å²) in [5, 5.41) is 8.37. The molecule has 0 bridgehead atoms. The average Bonchev–Trinajstić information content (AvgIpc) is 3.37. The predicted octanol–water partition coefficient (Wildman–Crippen LogP) is 2.57. The van der Waals surface area contributed by atoms with E-state index in [0.717, 1.165) is 5.56 Å². The first-order valence-electron chi connectivity index (χ1n) is 15.1. The van der Waals surface area contributed by atoms with Crippen molar-refractivity contribution < 1.29 is 23.9 Å². The summed E-state index contributed by atoms with van der Waals surface area (Å²) in [6.45, 7) is 12.3. The average molecular weight is 599 g/mol. The monoisotopic (exact) mass is 598 g/mol. The molecule has 43 heavy (non-hydrogen) atoms. The van der Waals surface area contributed by atoms with Crippen LogP contribution in [-0.2, 0) is 36.9 Å². The van der Waals surface area contributed by atoms with Gasteiger partial charge in [0.05, 0.1) is 25.2 Å². The van der Waals surface area contributed by atoms with Crippen LogP contribution < -0.4 is 21.7 Å². The van der Waals surface area contributed by atoms with Crippen LogP contribution in [0.15, 0.2) is 42.9 Å². The smallest absolute Gasteiger partial charge is 0.328 e. The maximum atomic E-state index is 13.6. The Hall–Kier alpha value is -3.73. The summed E-state index contributed by atoms with van der Waals surface area (Å²) >= 11 is 0. The molecule has 1 aromatic heterocycles. The van der Waals surface area contributed by atoms with Gasteiger partial charge in [0, 0.05) is 19.2 Å². The second kappa shape index (κ2) is 17.4. The fourth-order valence-electron chi connectivity index (χ4n) is 4.78. The van der Waals surface area contributed by atoms with Gasteiger partial charge in [0.25, 0.3) is 0 Å². The van der Waals surface area contributed by atoms with Gasteiger partial charge in [0.2, 0.25) is 17.7 Å². The van der Waals surface area contributed by atoms with Crippen molar-refractivity contribution >= 4 is 23.7 Å². The molecule has 0 radical (unpaired) electrons. The molecular formula is C32H50N6O5. The quantitative estimate of drug-likeness (QED) is 0.204. The second-order valence-electron chi connectivity index (χ2n) is 12.4. The van der Waals surface area contributed by atoms with E-state index >= 15 is 0 Å². The molecule has 0 spiro atoms. The molecule has 11 nitrogen and oxygen atoms in total. The number of imidazole rings is 1. The number of rotatable bonds is 17. The molecule has 0 saturated carbocycles. The minimum Gasteiger partial charge on any atom is -0.467 e. The minimum absolute atomic E-state index is 0.0736. The Kier molecular flexibility index (Phi) is 14.4. The molecule has 0 aliphatic rings. The third-order valence-electron chi connectivity index (χ3n) is 6.85. The van der Waals surface area contributed by atoms with Crippen LogP contribution in [0.5, 0.6) is 0 Å². The molecule has 5 N–H and O–H groups in total. The van der Waals surface area contributed by atoms with Crippen molar-refractivity contribution in [2.45, 2.75) is 97.9 Å². The van der Waals surface area contributed by atoms with Gasteiger partial charge >= 0.3 is 5.97 Å². The minimum atomic E-state index is -1.07. The van der Waals surface area contributed by atoms with Crippen LogP contribution in [0.4, 0.5) is 0 Å². The Morgan fingerprint density at radius 1 is 0.791 bits per heavy atom. The number of benzene rings is 1. The summed E-state index contributed by atoms with van der Waals surface area (Å²) in [5.74, 6) is -1.66. The number of carbonyl (C=O) groups is 4. The normalized spacial score (nSPS) is 14.2. The zero-order valence-electron chi connectivity index (χ0n) is 26.6. The Morgan fingerprint density at radius 2 is 1.33 bits per heavy atom. The first-order chi connectivity index (χ1) is 20.3. The lowest BCUT2D eigenvalue weighted by atomic mass is 9.99. The van der Waals surface area contributed by atoms with Crippen LogP contribution in [0.1, 0.15) is 72.1 Å². The molecule has 2 rings (SSSR count). The fraction of sp³-hybridized carbons (Fsp3) is 0.594. The topological polar surface area (TPSA) is 157 Å². The Balaban J connectivity index is 2.30. The first-order valence-corrected chi connectivity index (χ1v) is 15.1. The summed E-state index contributed by atoms with van der Waals surface area (Å²) in [6.07, 6.45) is 4.76. The second-order valence-corrected chi connectivity index (χ2v) is 12.4. The molecule has 11 heteroatoms. The third kappa shape index (κ3) is 12.6. The number of esters is 1. The van der Waals surface area contributed by atoms with E-state index < -0.39 is 47.9 Å². The first kappa shape index (κ1) is 35.5. The maximum absolute atomic E-state index is 13.6. The van der Waals surface area contributed by atoms with Crippen LogP contribution in [0.3, 0.4) is 0 Å². The number of methoxy groups -OCH3 is 1. The fourth-order valence-corrected chi connectivity index (χ4v) is 4.78. The molecular weight excluding hydrogens is 548 g/mol. The number of hydrogen-bond acceptors (Lipinski definition) is 7. The van der Waals surface area contributed by atoms with Gasteiger partial charge in [-0.15, -0.1) is 0 Å². The molecule has 0 fully saturated rings. The lowest BCUT2D eigenvalue weighted by Gasteiger charge is -2.26. The molecule has 1 heterocycles. The van der Waals surface area contributed by atoms with Crippen molar-refractivity contribution in [3.05, 3.63) is 54.1 Å². The molecule has 0 aliphatic heterocycles. The molecule has 0 aliphatic carbocycles. The van der Waals surface area contributed by atoms with E-state index in [0.29, 0.717) is 31.5 Å². The predicted molar refractivity (Wildman–Crippen MR) is 166 cm³/mol. The van der Waals surface area contributed by atoms with Gasteiger partial charge in [-0.05, 0) is 42.6 Å². The van der Waals surface area contributed by atoms with Gasteiger partial charge in [-0.25, -0.2) is 9.78 Å². The zero-order chi connectivity index (χ0) is 32.1. The number of hydrogen-bond donors (Lipinski definition) is 4. The number of aromatic nitrogens is 2. The highest BCUT2D eigenvalue weighted by Gasteiger charge is 2.32. The summed E-state index contributed by atoms with van der Waals surface area (Å²) < 4.78 is 6.81. The molecule has 0 saturated heterocycles. The number of ether oxygens (including phenoxy) is 1. The standard InChI is InChI=1S/C32H50N6O5/c1-20(2)13-25(33)29(39)35-26(14-21(3)4)30(40)36-27(31(41)37-28(15-22(5)6)32(42)43-7)16-24-18-38(19-34-24)17-23-11-9-8-10-12-23/h8-12,18-22,25-28H,13-17,33H2,1-7H3,(H,35,39)(H,36,40)(H,37,41)/t25-,26+,27+,28+/m1/s1. The Labute approximate surface area is 255 Å². The van der Waals surface area contributed by atoms with Crippen LogP contribution in [0, 0.1) is 17.8 Å². The summed E-state index contributed by atoms with van der Waals surface area (Å²) in [4.78, 5) is 57.0. The SMILES string of the molecule is COC(=O)[C@H](CC(C)C)NC(=O)[C@H](Cc1cn(Cc2ccccc2)cn1)NC(=O)[C@H](CC(C)C)NC(=O)[C@H](N)CC(C)C. The number of amides is 3. The van der Waals surface area contributed by atoms with Crippen molar-refractivity contribution in [1.29, 1.82) is 0 Å². The van der Waals surface area contributed by atoms with Gasteiger partial charge in [-0.2, -0.15) is 0 Å². The molecule has 2 aromatic rings. The van der Waals surface area contributed by atoms with Gasteiger partial charge in [0.1, 0.15) is 18.1 Å². The summed E-state index contributed by atoms with van der Waals surface area (Å²) in [6, 6.07) is 6.27. The van der Waals surface area contributed by atoms with Crippen molar-refractivity contribution in [3.8, 4) is 0 Å². The van der Waals surface area contributed by atoms with E-state index in [1.165, 1.54) is 7.11 Å².